The molecule has 0 aromatic heterocycles. The molecule has 19 heteroatoms. The molecule has 0 bridgehead atoms. The van der Waals surface area contributed by atoms with Crippen molar-refractivity contribution in [2.45, 2.75) is 419 Å². The van der Waals surface area contributed by atoms with Crippen LogP contribution in [0.5, 0.6) is 0 Å². The highest BCUT2D eigenvalue weighted by molar-refractivity contribution is 7.47. The molecule has 0 saturated carbocycles. The third kappa shape index (κ3) is 70.3. The van der Waals surface area contributed by atoms with E-state index >= 15 is 0 Å². The number of carbonyl (C=O) groups excluding carboxylic acids is 4. The van der Waals surface area contributed by atoms with Gasteiger partial charge in [-0.3, -0.25) is 37.3 Å². The number of aliphatic hydroxyl groups is 1. The van der Waals surface area contributed by atoms with Crippen molar-refractivity contribution in [1.82, 2.24) is 0 Å². The van der Waals surface area contributed by atoms with Gasteiger partial charge in [-0.2, -0.15) is 0 Å². The van der Waals surface area contributed by atoms with Crippen LogP contribution in [0.25, 0.3) is 0 Å². The highest BCUT2D eigenvalue weighted by Gasteiger charge is 2.30. The number of esters is 4. The molecule has 0 aliphatic rings. The van der Waals surface area contributed by atoms with Crippen LogP contribution in [0, 0.1) is 5.92 Å². The van der Waals surface area contributed by atoms with E-state index in [1.165, 1.54) is 225 Å². The van der Waals surface area contributed by atoms with Gasteiger partial charge >= 0.3 is 39.5 Å². The lowest BCUT2D eigenvalue weighted by Gasteiger charge is -2.21. The molecule has 564 valence electrons. The van der Waals surface area contributed by atoms with Gasteiger partial charge in [-0.1, -0.05) is 349 Å². The van der Waals surface area contributed by atoms with Gasteiger partial charge in [0.2, 0.25) is 0 Å². The number of phosphoric ester groups is 2. The molecule has 0 aromatic carbocycles. The van der Waals surface area contributed by atoms with Crippen molar-refractivity contribution < 1.29 is 80.2 Å². The average Bonchev–Trinajstić information content (AvgIpc) is 2.13. The molecule has 0 rings (SSSR count). The predicted molar refractivity (Wildman–Crippen MR) is 386 cm³/mol. The normalized spacial score (nSPS) is 13.9. The zero-order valence-corrected chi connectivity index (χ0v) is 63.6. The maximum Gasteiger partial charge on any atom is 0.472 e. The number of hydrogen-bond donors (Lipinski definition) is 3. The van der Waals surface area contributed by atoms with Gasteiger partial charge in [0, 0.05) is 25.7 Å². The molecule has 3 N–H and O–H groups in total. The van der Waals surface area contributed by atoms with Crippen LogP contribution in [0.4, 0.5) is 0 Å². The number of ether oxygens (including phenoxy) is 4. The molecular weight excluding hydrogens is 1250 g/mol. The number of aliphatic hydroxyl groups excluding tert-OH is 1. The third-order valence-corrected chi connectivity index (χ3v) is 19.7. The van der Waals surface area contributed by atoms with Gasteiger partial charge in [0.25, 0.3) is 0 Å². The van der Waals surface area contributed by atoms with Crippen LogP contribution in [-0.2, 0) is 65.4 Å². The SMILES string of the molecule is CCCCCCCCCCCCCCCCCCCCCCC(=O)O[C@H](COC(=O)CCCCCCCCCCCCC(C)C)COP(=O)(O)OC[C@@H](O)COP(=O)(O)OC[C@@H](COC(=O)CCCCCCCCCCCCC)OC(=O)CCCCCCCCCCCCC. The summed E-state index contributed by atoms with van der Waals surface area (Å²) < 4.78 is 68.5. The van der Waals surface area contributed by atoms with Crippen molar-refractivity contribution in [3.63, 3.8) is 0 Å². The smallest absolute Gasteiger partial charge is 0.462 e. The molecule has 0 aliphatic heterocycles. The summed E-state index contributed by atoms with van der Waals surface area (Å²) in [7, 11) is -9.91. The van der Waals surface area contributed by atoms with E-state index in [0.29, 0.717) is 25.7 Å². The van der Waals surface area contributed by atoms with Crippen LogP contribution in [-0.4, -0.2) is 96.7 Å². The highest BCUT2D eigenvalue weighted by Crippen LogP contribution is 2.45. The Hall–Kier alpha value is -1.94. The molecule has 0 amide bonds. The molecule has 95 heavy (non-hydrogen) atoms. The topological polar surface area (TPSA) is 237 Å². The van der Waals surface area contributed by atoms with E-state index < -0.39 is 97.5 Å². The van der Waals surface area contributed by atoms with E-state index in [2.05, 4.69) is 34.6 Å². The molecular formula is C76H148O17P2. The van der Waals surface area contributed by atoms with Crippen molar-refractivity contribution in [2.24, 2.45) is 5.92 Å². The Bertz CT molecular complexity index is 1820. The molecule has 0 aliphatic carbocycles. The third-order valence-electron chi connectivity index (χ3n) is 17.8. The Labute approximate surface area is 581 Å². The van der Waals surface area contributed by atoms with Gasteiger partial charge in [0.15, 0.2) is 12.2 Å². The molecule has 0 spiro atoms. The van der Waals surface area contributed by atoms with Crippen LogP contribution in [0.2, 0.25) is 0 Å². The summed E-state index contributed by atoms with van der Waals surface area (Å²) in [5, 5.41) is 10.6. The van der Waals surface area contributed by atoms with Crippen LogP contribution < -0.4 is 0 Å². The molecule has 0 saturated heterocycles. The van der Waals surface area contributed by atoms with Crippen molar-refractivity contribution in [1.29, 1.82) is 0 Å². The minimum atomic E-state index is -4.96. The Morgan fingerprint density at radius 3 is 0.716 bits per heavy atom. The lowest BCUT2D eigenvalue weighted by atomic mass is 10.0. The van der Waals surface area contributed by atoms with E-state index in [4.69, 9.17) is 37.0 Å². The Morgan fingerprint density at radius 2 is 0.484 bits per heavy atom. The summed E-state index contributed by atoms with van der Waals surface area (Å²) in [6, 6.07) is 0. The first kappa shape index (κ1) is 93.1. The van der Waals surface area contributed by atoms with Gasteiger partial charge in [0.05, 0.1) is 26.4 Å². The van der Waals surface area contributed by atoms with E-state index in [9.17, 15) is 43.2 Å². The second kappa shape index (κ2) is 69.2. The first-order valence-electron chi connectivity index (χ1n) is 39.6. The first-order chi connectivity index (χ1) is 46.0. The number of phosphoric acid groups is 2. The zero-order valence-electron chi connectivity index (χ0n) is 61.8. The van der Waals surface area contributed by atoms with Crippen molar-refractivity contribution in [2.75, 3.05) is 39.6 Å². The molecule has 2 unspecified atom stereocenters. The Kier molecular flexibility index (Phi) is 67.7. The maximum atomic E-state index is 13.1. The zero-order chi connectivity index (χ0) is 69.8. The largest absolute Gasteiger partial charge is 0.472 e. The summed E-state index contributed by atoms with van der Waals surface area (Å²) in [5.41, 5.74) is 0. The minimum absolute atomic E-state index is 0.107. The van der Waals surface area contributed by atoms with E-state index in [1.807, 2.05) is 0 Å². The fourth-order valence-corrected chi connectivity index (χ4v) is 13.3. The van der Waals surface area contributed by atoms with Gasteiger partial charge < -0.3 is 33.8 Å². The Morgan fingerprint density at radius 1 is 0.284 bits per heavy atom. The molecule has 0 radical (unpaired) electrons. The van der Waals surface area contributed by atoms with E-state index in [-0.39, 0.29) is 25.7 Å². The summed E-state index contributed by atoms with van der Waals surface area (Å²) in [6.07, 6.45) is 58.2. The molecule has 0 fully saturated rings. The summed E-state index contributed by atoms with van der Waals surface area (Å²) in [5.74, 6) is -1.35. The van der Waals surface area contributed by atoms with Gasteiger partial charge in [-0.05, 0) is 31.6 Å². The van der Waals surface area contributed by atoms with Crippen LogP contribution in [0.3, 0.4) is 0 Å². The molecule has 0 heterocycles. The highest BCUT2D eigenvalue weighted by atomic mass is 31.2. The summed E-state index contributed by atoms with van der Waals surface area (Å²) in [6.45, 7) is 7.28. The van der Waals surface area contributed by atoms with E-state index in [0.717, 1.165) is 95.8 Å². The lowest BCUT2D eigenvalue weighted by molar-refractivity contribution is -0.161. The number of hydrogen-bond acceptors (Lipinski definition) is 15. The van der Waals surface area contributed by atoms with Gasteiger partial charge in [0.1, 0.15) is 19.3 Å². The second-order valence-corrected chi connectivity index (χ2v) is 30.8. The average molecular weight is 1400 g/mol. The number of unbranched alkanes of at least 4 members (excludes halogenated alkanes) is 48. The number of rotatable bonds is 76. The Balaban J connectivity index is 5.21. The van der Waals surface area contributed by atoms with Gasteiger partial charge in [-0.25, -0.2) is 9.13 Å². The quantitative estimate of drug-likeness (QED) is 0.0222. The van der Waals surface area contributed by atoms with E-state index in [1.54, 1.807) is 0 Å². The van der Waals surface area contributed by atoms with Crippen molar-refractivity contribution >= 4 is 39.5 Å². The van der Waals surface area contributed by atoms with Crippen LogP contribution in [0.15, 0.2) is 0 Å². The number of carbonyl (C=O) groups is 4. The second-order valence-electron chi connectivity index (χ2n) is 27.9. The monoisotopic (exact) mass is 1400 g/mol. The van der Waals surface area contributed by atoms with Crippen molar-refractivity contribution in [3.05, 3.63) is 0 Å². The molecule has 0 aromatic rings. The van der Waals surface area contributed by atoms with Crippen molar-refractivity contribution in [3.8, 4) is 0 Å². The van der Waals surface area contributed by atoms with Gasteiger partial charge in [-0.15, -0.1) is 0 Å². The minimum Gasteiger partial charge on any atom is -0.462 e. The predicted octanol–water partition coefficient (Wildman–Crippen LogP) is 22.5. The fourth-order valence-electron chi connectivity index (χ4n) is 11.7. The molecule has 17 nitrogen and oxygen atoms in total. The standard InChI is InChI=1S/C76H148O17P2/c1-6-9-12-15-18-21-24-25-26-27-28-29-30-31-32-35-42-47-52-57-62-76(81)93-72(66-87-74(79)60-55-50-45-40-37-36-38-43-48-53-58-69(4)5)68-91-95(84,85)89-64-70(77)63-88-94(82,83)90-67-71(92-75(80)61-56-51-46-41-34-23-20-17-14-11-8-3)65-86-73(78)59-54-49-44-39-33-22-19-16-13-10-7-2/h69-72,77H,6-68H2,1-5H3,(H,82,83)(H,84,85)/t70-,71+,72+/m0/s1. The molecule has 5 atom stereocenters. The van der Waals surface area contributed by atoms with Crippen LogP contribution >= 0.6 is 15.6 Å². The fraction of sp³-hybridized carbons (Fsp3) is 0.947. The summed E-state index contributed by atoms with van der Waals surface area (Å²) in [4.78, 5) is 72.8. The summed E-state index contributed by atoms with van der Waals surface area (Å²) >= 11 is 0. The first-order valence-corrected chi connectivity index (χ1v) is 42.6. The van der Waals surface area contributed by atoms with Crippen LogP contribution in [0.1, 0.15) is 401 Å². The lowest BCUT2D eigenvalue weighted by Crippen LogP contribution is -2.30. The maximum absolute atomic E-state index is 13.1.